The molecule has 4 rings (SSSR count). The van der Waals surface area contributed by atoms with Gasteiger partial charge in [-0.25, -0.2) is 0 Å². The molecule has 3 fully saturated rings. The van der Waals surface area contributed by atoms with E-state index in [4.69, 9.17) is 0 Å². The SMILES string of the molecule is CC1CCCCN1C(=O)C(NC(=O)c1cccs1)C1CCN(C(=O)C2CCCC2)CC1. The van der Waals surface area contributed by atoms with Crippen LogP contribution in [0.25, 0.3) is 0 Å². The summed E-state index contributed by atoms with van der Waals surface area (Å²) in [5.41, 5.74) is 0. The normalized spacial score (nSPS) is 24.2. The molecular formula is C24H35N3O3S. The topological polar surface area (TPSA) is 69.7 Å². The maximum Gasteiger partial charge on any atom is 0.262 e. The molecule has 3 aliphatic rings. The summed E-state index contributed by atoms with van der Waals surface area (Å²) in [5.74, 6) is 0.450. The summed E-state index contributed by atoms with van der Waals surface area (Å²) < 4.78 is 0. The second-order valence-corrected chi connectivity index (χ2v) is 10.4. The number of hydrogen-bond donors (Lipinski definition) is 1. The molecule has 0 spiro atoms. The van der Waals surface area contributed by atoms with Crippen LogP contribution in [0.3, 0.4) is 0 Å². The zero-order valence-corrected chi connectivity index (χ0v) is 19.4. The van der Waals surface area contributed by atoms with E-state index >= 15 is 0 Å². The van der Waals surface area contributed by atoms with Gasteiger partial charge in [0.2, 0.25) is 11.8 Å². The van der Waals surface area contributed by atoms with Gasteiger partial charge in [0.25, 0.3) is 5.91 Å². The number of hydrogen-bond acceptors (Lipinski definition) is 4. The number of carbonyl (C=O) groups excluding carboxylic acids is 3. The Hall–Kier alpha value is -1.89. The highest BCUT2D eigenvalue weighted by molar-refractivity contribution is 7.12. The predicted octanol–water partition coefficient (Wildman–Crippen LogP) is 3.68. The molecule has 3 amide bonds. The number of thiophene rings is 1. The highest BCUT2D eigenvalue weighted by atomic mass is 32.1. The molecule has 1 aliphatic carbocycles. The molecule has 6 nitrogen and oxygen atoms in total. The molecular weight excluding hydrogens is 410 g/mol. The van der Waals surface area contributed by atoms with Crippen molar-refractivity contribution in [1.29, 1.82) is 0 Å². The molecule has 31 heavy (non-hydrogen) atoms. The van der Waals surface area contributed by atoms with Gasteiger partial charge in [-0.2, -0.15) is 0 Å². The maximum absolute atomic E-state index is 13.6. The van der Waals surface area contributed by atoms with Gasteiger partial charge in [-0.1, -0.05) is 18.9 Å². The molecule has 1 saturated carbocycles. The van der Waals surface area contributed by atoms with Gasteiger partial charge < -0.3 is 15.1 Å². The molecule has 1 aromatic rings. The van der Waals surface area contributed by atoms with Gasteiger partial charge in [0.1, 0.15) is 6.04 Å². The molecule has 7 heteroatoms. The number of nitrogens with zero attached hydrogens (tertiary/aromatic N) is 2. The fraction of sp³-hybridized carbons (Fsp3) is 0.708. The average Bonchev–Trinajstić information content (AvgIpc) is 3.51. The van der Waals surface area contributed by atoms with Gasteiger partial charge in [0.05, 0.1) is 4.88 Å². The molecule has 2 atom stereocenters. The molecule has 2 unspecified atom stereocenters. The maximum atomic E-state index is 13.6. The minimum Gasteiger partial charge on any atom is -0.342 e. The van der Waals surface area contributed by atoms with E-state index in [0.29, 0.717) is 23.9 Å². The van der Waals surface area contributed by atoms with Crippen LogP contribution in [0, 0.1) is 11.8 Å². The lowest BCUT2D eigenvalue weighted by atomic mass is 9.87. The fourth-order valence-corrected chi connectivity index (χ4v) is 6.12. The van der Waals surface area contributed by atoms with Crippen molar-refractivity contribution in [1.82, 2.24) is 15.1 Å². The second kappa shape index (κ2) is 10.2. The second-order valence-electron chi connectivity index (χ2n) is 9.45. The molecule has 1 N–H and O–H groups in total. The van der Waals surface area contributed by atoms with Crippen LogP contribution in [0.4, 0.5) is 0 Å². The minimum atomic E-state index is -0.515. The number of piperidine rings is 2. The standard InChI is InChI=1S/C24H35N3O3S/c1-17-7-4-5-13-27(17)24(30)21(25-22(28)20-10-6-16-31-20)18-11-14-26(15-12-18)23(29)19-8-2-3-9-19/h6,10,16-19,21H,2-5,7-9,11-15H2,1H3,(H,25,28). The smallest absolute Gasteiger partial charge is 0.262 e. The Balaban J connectivity index is 1.44. The van der Waals surface area contributed by atoms with Crippen molar-refractivity contribution in [3.05, 3.63) is 22.4 Å². The summed E-state index contributed by atoms with van der Waals surface area (Å²) >= 11 is 1.40. The van der Waals surface area contributed by atoms with Gasteiger partial charge in [-0.05, 0) is 69.2 Å². The van der Waals surface area contributed by atoms with Crippen LogP contribution < -0.4 is 5.32 Å². The quantitative estimate of drug-likeness (QED) is 0.752. The first-order valence-corrected chi connectivity index (χ1v) is 12.9. The van der Waals surface area contributed by atoms with Crippen LogP contribution in [0.2, 0.25) is 0 Å². The lowest BCUT2D eigenvalue weighted by Crippen LogP contribution is -2.57. The van der Waals surface area contributed by atoms with E-state index in [0.717, 1.165) is 64.3 Å². The highest BCUT2D eigenvalue weighted by Crippen LogP contribution is 2.30. The fourth-order valence-electron chi connectivity index (χ4n) is 5.49. The number of amides is 3. The van der Waals surface area contributed by atoms with Gasteiger partial charge in [0.15, 0.2) is 0 Å². The number of nitrogens with one attached hydrogen (secondary N) is 1. The zero-order chi connectivity index (χ0) is 21.8. The largest absolute Gasteiger partial charge is 0.342 e. The number of carbonyl (C=O) groups is 3. The average molecular weight is 446 g/mol. The van der Waals surface area contributed by atoms with E-state index in [2.05, 4.69) is 12.2 Å². The Morgan fingerprint density at radius 2 is 1.71 bits per heavy atom. The monoisotopic (exact) mass is 445 g/mol. The first kappa shape index (κ1) is 22.3. The van der Waals surface area contributed by atoms with Gasteiger partial charge in [-0.15, -0.1) is 11.3 Å². The van der Waals surface area contributed by atoms with E-state index in [1.54, 1.807) is 6.07 Å². The summed E-state index contributed by atoms with van der Waals surface area (Å²) in [6.45, 7) is 4.25. The van der Waals surface area contributed by atoms with Crippen molar-refractivity contribution in [2.24, 2.45) is 11.8 Å². The van der Waals surface area contributed by atoms with Crippen molar-refractivity contribution in [3.63, 3.8) is 0 Å². The van der Waals surface area contributed by atoms with E-state index in [9.17, 15) is 14.4 Å². The van der Waals surface area contributed by atoms with E-state index < -0.39 is 6.04 Å². The van der Waals surface area contributed by atoms with Crippen LogP contribution in [0.1, 0.15) is 74.4 Å². The first-order chi connectivity index (χ1) is 15.0. The molecule has 0 radical (unpaired) electrons. The van der Waals surface area contributed by atoms with E-state index in [1.165, 1.54) is 11.3 Å². The predicted molar refractivity (Wildman–Crippen MR) is 122 cm³/mol. The van der Waals surface area contributed by atoms with E-state index in [1.807, 2.05) is 21.2 Å². The van der Waals surface area contributed by atoms with Crippen molar-refractivity contribution < 1.29 is 14.4 Å². The lowest BCUT2D eigenvalue weighted by molar-refractivity contribution is -0.139. The summed E-state index contributed by atoms with van der Waals surface area (Å²) in [6, 6.07) is 3.36. The Kier molecular flexibility index (Phi) is 7.31. The molecule has 2 aliphatic heterocycles. The van der Waals surface area contributed by atoms with Crippen LogP contribution in [-0.4, -0.2) is 59.2 Å². The number of rotatable bonds is 5. The third-order valence-corrected chi connectivity index (χ3v) is 8.28. The van der Waals surface area contributed by atoms with Crippen LogP contribution in [-0.2, 0) is 9.59 Å². The Morgan fingerprint density at radius 3 is 2.35 bits per heavy atom. The van der Waals surface area contributed by atoms with Crippen LogP contribution in [0.5, 0.6) is 0 Å². The summed E-state index contributed by atoms with van der Waals surface area (Å²) in [6.07, 6.45) is 9.08. The van der Waals surface area contributed by atoms with Gasteiger partial charge in [0, 0.05) is 31.6 Å². The lowest BCUT2D eigenvalue weighted by Gasteiger charge is -2.41. The molecule has 1 aromatic heterocycles. The molecule has 3 heterocycles. The van der Waals surface area contributed by atoms with Crippen molar-refractivity contribution in [2.45, 2.75) is 76.8 Å². The van der Waals surface area contributed by atoms with Crippen molar-refractivity contribution >= 4 is 29.1 Å². The molecule has 0 bridgehead atoms. The summed E-state index contributed by atoms with van der Waals surface area (Å²) in [7, 11) is 0. The van der Waals surface area contributed by atoms with E-state index in [-0.39, 0.29) is 29.7 Å². The third kappa shape index (κ3) is 5.13. The third-order valence-electron chi connectivity index (χ3n) is 7.41. The zero-order valence-electron chi connectivity index (χ0n) is 18.6. The summed E-state index contributed by atoms with van der Waals surface area (Å²) in [5, 5.41) is 4.96. The highest BCUT2D eigenvalue weighted by Gasteiger charge is 2.39. The number of likely N-dealkylation sites (tertiary alicyclic amines) is 2. The van der Waals surface area contributed by atoms with Crippen LogP contribution >= 0.6 is 11.3 Å². The minimum absolute atomic E-state index is 0.0534. The van der Waals surface area contributed by atoms with Gasteiger partial charge in [-0.3, -0.25) is 14.4 Å². The van der Waals surface area contributed by atoms with Gasteiger partial charge >= 0.3 is 0 Å². The Morgan fingerprint density at radius 1 is 1.00 bits per heavy atom. The van der Waals surface area contributed by atoms with Crippen LogP contribution in [0.15, 0.2) is 17.5 Å². The first-order valence-electron chi connectivity index (χ1n) is 12.0. The molecule has 0 aromatic carbocycles. The molecule has 2 saturated heterocycles. The summed E-state index contributed by atoms with van der Waals surface area (Å²) in [4.78, 5) is 43.8. The Labute approximate surface area is 189 Å². The van der Waals surface area contributed by atoms with Crippen molar-refractivity contribution in [3.8, 4) is 0 Å². The van der Waals surface area contributed by atoms with Crippen molar-refractivity contribution in [2.75, 3.05) is 19.6 Å². The molecule has 170 valence electrons. The Bertz CT molecular complexity index is 767.